The SMILES string of the molecule is CC=C(c1cc(C)c(OCc2ccccc2)cc1C)c1cc(C)c(OCc2ccccc2)cc1C. The highest BCUT2D eigenvalue weighted by Gasteiger charge is 2.15. The summed E-state index contributed by atoms with van der Waals surface area (Å²) in [5.74, 6) is 1.87. The third-order valence-corrected chi connectivity index (χ3v) is 6.39. The lowest BCUT2D eigenvalue weighted by Crippen LogP contribution is -2.02. The van der Waals surface area contributed by atoms with Gasteiger partial charge in [-0.2, -0.15) is 0 Å². The van der Waals surface area contributed by atoms with E-state index in [1.54, 1.807) is 0 Å². The van der Waals surface area contributed by atoms with Crippen molar-refractivity contribution in [1.82, 2.24) is 0 Å². The summed E-state index contributed by atoms with van der Waals surface area (Å²) < 4.78 is 12.3. The van der Waals surface area contributed by atoms with Crippen LogP contribution < -0.4 is 9.47 Å². The summed E-state index contributed by atoms with van der Waals surface area (Å²) in [6.07, 6.45) is 2.21. The molecule has 0 N–H and O–H groups in total. The average molecular weight is 463 g/mol. The number of rotatable bonds is 8. The van der Waals surface area contributed by atoms with Gasteiger partial charge in [0.25, 0.3) is 0 Å². The molecule has 4 rings (SSSR count). The van der Waals surface area contributed by atoms with E-state index >= 15 is 0 Å². The van der Waals surface area contributed by atoms with E-state index in [1.807, 2.05) is 36.4 Å². The molecule has 0 radical (unpaired) electrons. The molecule has 2 heteroatoms. The number of benzene rings is 4. The second-order valence-electron chi connectivity index (χ2n) is 9.12. The Balaban J connectivity index is 1.57. The maximum atomic E-state index is 6.16. The number of hydrogen-bond acceptors (Lipinski definition) is 2. The molecular weight excluding hydrogens is 428 g/mol. The minimum absolute atomic E-state index is 0.569. The molecule has 4 aromatic carbocycles. The van der Waals surface area contributed by atoms with E-state index in [-0.39, 0.29) is 0 Å². The average Bonchev–Trinajstić information content (AvgIpc) is 2.87. The molecular formula is C33H34O2. The topological polar surface area (TPSA) is 18.5 Å². The van der Waals surface area contributed by atoms with Crippen molar-refractivity contribution in [2.24, 2.45) is 0 Å². The van der Waals surface area contributed by atoms with Gasteiger partial charge in [0.15, 0.2) is 0 Å². The molecule has 0 spiro atoms. The van der Waals surface area contributed by atoms with Crippen LogP contribution in [-0.4, -0.2) is 0 Å². The van der Waals surface area contributed by atoms with Crippen LogP contribution in [0, 0.1) is 27.7 Å². The van der Waals surface area contributed by atoms with E-state index < -0.39 is 0 Å². The van der Waals surface area contributed by atoms with Gasteiger partial charge < -0.3 is 9.47 Å². The van der Waals surface area contributed by atoms with Crippen molar-refractivity contribution in [3.63, 3.8) is 0 Å². The van der Waals surface area contributed by atoms with E-state index in [9.17, 15) is 0 Å². The van der Waals surface area contributed by atoms with Crippen LogP contribution >= 0.6 is 0 Å². The Morgan fingerprint density at radius 1 is 0.571 bits per heavy atom. The molecule has 0 saturated heterocycles. The van der Waals surface area contributed by atoms with Crippen molar-refractivity contribution in [3.8, 4) is 11.5 Å². The van der Waals surface area contributed by atoms with Gasteiger partial charge in [-0.05, 0) is 109 Å². The molecule has 178 valence electrons. The molecule has 2 nitrogen and oxygen atoms in total. The molecule has 0 amide bonds. The van der Waals surface area contributed by atoms with Gasteiger partial charge in [0.1, 0.15) is 24.7 Å². The molecule has 0 fully saturated rings. The highest BCUT2D eigenvalue weighted by Crippen LogP contribution is 2.35. The smallest absolute Gasteiger partial charge is 0.123 e. The van der Waals surface area contributed by atoms with Crippen molar-refractivity contribution in [2.45, 2.75) is 47.8 Å². The zero-order chi connectivity index (χ0) is 24.8. The lowest BCUT2D eigenvalue weighted by Gasteiger charge is -2.19. The van der Waals surface area contributed by atoms with Crippen LogP contribution in [0.3, 0.4) is 0 Å². The fraction of sp³-hybridized carbons (Fsp3) is 0.212. The minimum Gasteiger partial charge on any atom is -0.489 e. The van der Waals surface area contributed by atoms with E-state index in [4.69, 9.17) is 9.47 Å². The molecule has 0 aliphatic carbocycles. The maximum Gasteiger partial charge on any atom is 0.123 e. The van der Waals surface area contributed by atoms with E-state index in [2.05, 4.69) is 89.2 Å². The first-order chi connectivity index (χ1) is 17.0. The van der Waals surface area contributed by atoms with Gasteiger partial charge in [0, 0.05) is 0 Å². The summed E-state index contributed by atoms with van der Waals surface area (Å²) in [6, 6.07) is 29.4. The fourth-order valence-electron chi connectivity index (χ4n) is 4.40. The zero-order valence-corrected chi connectivity index (χ0v) is 21.4. The monoisotopic (exact) mass is 462 g/mol. The van der Waals surface area contributed by atoms with Crippen LogP contribution in [0.1, 0.15) is 51.4 Å². The quantitative estimate of drug-likeness (QED) is 0.261. The summed E-state index contributed by atoms with van der Waals surface area (Å²) in [4.78, 5) is 0. The van der Waals surface area contributed by atoms with Crippen molar-refractivity contribution in [2.75, 3.05) is 0 Å². The second-order valence-corrected chi connectivity index (χ2v) is 9.12. The highest BCUT2D eigenvalue weighted by atomic mass is 16.5. The standard InChI is InChI=1S/C33H34O2/c1-6-29(30-17-25(4)32(19-23(30)2)34-21-27-13-9-7-10-14-27)31-18-26(5)33(20-24(31)3)35-22-28-15-11-8-12-16-28/h6-20H,21-22H2,1-5H3. The van der Waals surface area contributed by atoms with Crippen molar-refractivity contribution in [1.29, 1.82) is 0 Å². The highest BCUT2D eigenvalue weighted by molar-refractivity contribution is 5.84. The predicted molar refractivity (Wildman–Crippen MR) is 146 cm³/mol. The van der Waals surface area contributed by atoms with Gasteiger partial charge in [0.2, 0.25) is 0 Å². The normalized spacial score (nSPS) is 10.7. The van der Waals surface area contributed by atoms with Gasteiger partial charge in [0.05, 0.1) is 0 Å². The first-order valence-electron chi connectivity index (χ1n) is 12.2. The van der Waals surface area contributed by atoms with E-state index in [0.717, 1.165) is 22.6 Å². The summed E-state index contributed by atoms with van der Waals surface area (Å²) >= 11 is 0. The predicted octanol–water partition coefficient (Wildman–Crippen LogP) is 8.53. The second kappa shape index (κ2) is 11.1. The molecule has 0 heterocycles. The summed E-state index contributed by atoms with van der Waals surface area (Å²) in [6.45, 7) is 11.8. The van der Waals surface area contributed by atoms with E-state index in [0.29, 0.717) is 13.2 Å². The largest absolute Gasteiger partial charge is 0.489 e. The van der Waals surface area contributed by atoms with Gasteiger partial charge in [-0.25, -0.2) is 0 Å². The Labute approximate surface area is 209 Å². The summed E-state index contributed by atoms with van der Waals surface area (Å²) in [7, 11) is 0. The molecule has 0 aliphatic rings. The first-order valence-corrected chi connectivity index (χ1v) is 12.2. The lowest BCUT2D eigenvalue weighted by atomic mass is 9.89. The van der Waals surface area contributed by atoms with Crippen LogP contribution in [0.4, 0.5) is 0 Å². The number of hydrogen-bond donors (Lipinski definition) is 0. The van der Waals surface area contributed by atoms with Crippen LogP contribution in [0.2, 0.25) is 0 Å². The first kappa shape index (κ1) is 24.3. The Kier molecular flexibility index (Phi) is 7.72. The number of allylic oxidation sites excluding steroid dienone is 1. The number of ether oxygens (including phenoxy) is 2. The van der Waals surface area contributed by atoms with Gasteiger partial charge in [-0.3, -0.25) is 0 Å². The molecule has 0 bridgehead atoms. The van der Waals surface area contributed by atoms with Crippen molar-refractivity contribution >= 4 is 5.57 Å². The van der Waals surface area contributed by atoms with Gasteiger partial charge >= 0.3 is 0 Å². The zero-order valence-electron chi connectivity index (χ0n) is 21.4. The molecule has 0 saturated carbocycles. The molecule has 0 unspecified atom stereocenters. The van der Waals surface area contributed by atoms with Crippen LogP contribution in [0.15, 0.2) is 91.0 Å². The molecule has 0 aliphatic heterocycles. The third-order valence-electron chi connectivity index (χ3n) is 6.39. The minimum atomic E-state index is 0.569. The van der Waals surface area contributed by atoms with Crippen LogP contribution in [0.5, 0.6) is 11.5 Å². The fourth-order valence-corrected chi connectivity index (χ4v) is 4.40. The van der Waals surface area contributed by atoms with Crippen LogP contribution in [0.25, 0.3) is 5.57 Å². The molecule has 35 heavy (non-hydrogen) atoms. The Bertz CT molecular complexity index is 1220. The van der Waals surface area contributed by atoms with Crippen molar-refractivity contribution < 1.29 is 9.47 Å². The van der Waals surface area contributed by atoms with E-state index in [1.165, 1.54) is 39.0 Å². The van der Waals surface area contributed by atoms with Crippen molar-refractivity contribution in [3.05, 3.63) is 136 Å². The maximum absolute atomic E-state index is 6.16. The Morgan fingerprint density at radius 3 is 1.34 bits per heavy atom. The summed E-state index contributed by atoms with van der Waals surface area (Å²) in [5.41, 5.74) is 10.7. The lowest BCUT2D eigenvalue weighted by molar-refractivity contribution is 0.304. The van der Waals surface area contributed by atoms with Gasteiger partial charge in [-0.1, -0.05) is 66.7 Å². The third kappa shape index (κ3) is 5.84. The Morgan fingerprint density at radius 2 is 0.971 bits per heavy atom. The molecule has 0 atom stereocenters. The Hall–Kier alpha value is -3.78. The van der Waals surface area contributed by atoms with Gasteiger partial charge in [-0.15, -0.1) is 0 Å². The summed E-state index contributed by atoms with van der Waals surface area (Å²) in [5, 5.41) is 0. The molecule has 4 aromatic rings. The number of aryl methyl sites for hydroxylation is 4. The van der Waals surface area contributed by atoms with Crippen LogP contribution in [-0.2, 0) is 13.2 Å². The molecule has 0 aromatic heterocycles.